The van der Waals surface area contributed by atoms with Gasteiger partial charge in [-0.25, -0.2) is 0 Å². The molecule has 0 rings (SSSR count). The van der Waals surface area contributed by atoms with Crippen molar-refractivity contribution in [2.45, 2.75) is 40.0 Å². The lowest BCUT2D eigenvalue weighted by molar-refractivity contribution is -0.142. The number of carbonyl (C=O) groups excluding carboxylic acids is 1. The molecule has 1 atom stereocenters. The van der Waals surface area contributed by atoms with E-state index in [2.05, 4.69) is 13.8 Å². The maximum atomic E-state index is 10.4. The summed E-state index contributed by atoms with van der Waals surface area (Å²) in [6.07, 6.45) is 3.59. The summed E-state index contributed by atoms with van der Waals surface area (Å²) in [6.45, 7) is 6.30. The standard InChI is InChI=1S/C9H18O2/c1-4-5-6-8(2)7-11-9(3)10/h8H,4-7H2,1-3H3. The van der Waals surface area contributed by atoms with Gasteiger partial charge in [-0.1, -0.05) is 26.7 Å². The highest BCUT2D eigenvalue weighted by atomic mass is 16.5. The second-order valence-corrected chi connectivity index (χ2v) is 3.05. The van der Waals surface area contributed by atoms with Gasteiger partial charge in [-0.2, -0.15) is 0 Å². The van der Waals surface area contributed by atoms with Crippen LogP contribution in [-0.4, -0.2) is 12.6 Å². The van der Waals surface area contributed by atoms with Gasteiger partial charge in [-0.05, 0) is 12.3 Å². The zero-order chi connectivity index (χ0) is 8.69. The molecule has 0 aromatic carbocycles. The van der Waals surface area contributed by atoms with Crippen molar-refractivity contribution in [2.75, 3.05) is 6.61 Å². The van der Waals surface area contributed by atoms with E-state index < -0.39 is 0 Å². The molecule has 0 aliphatic heterocycles. The van der Waals surface area contributed by atoms with E-state index in [4.69, 9.17) is 4.74 Å². The van der Waals surface area contributed by atoms with E-state index in [0.29, 0.717) is 12.5 Å². The van der Waals surface area contributed by atoms with Crippen LogP contribution in [0.5, 0.6) is 0 Å². The third-order valence-electron chi connectivity index (χ3n) is 1.62. The van der Waals surface area contributed by atoms with E-state index in [9.17, 15) is 4.79 Å². The van der Waals surface area contributed by atoms with Crippen molar-refractivity contribution >= 4 is 5.97 Å². The van der Waals surface area contributed by atoms with Crippen LogP contribution >= 0.6 is 0 Å². The molecular weight excluding hydrogens is 140 g/mol. The second kappa shape index (κ2) is 6.20. The van der Waals surface area contributed by atoms with Gasteiger partial charge in [0.2, 0.25) is 0 Å². The summed E-state index contributed by atoms with van der Waals surface area (Å²) in [5.74, 6) is 0.340. The molecule has 11 heavy (non-hydrogen) atoms. The Morgan fingerprint density at radius 1 is 1.55 bits per heavy atom. The monoisotopic (exact) mass is 158 g/mol. The summed E-state index contributed by atoms with van der Waals surface area (Å²) in [7, 11) is 0. The normalized spacial score (nSPS) is 12.6. The SMILES string of the molecule is CCCCC(C)COC(C)=O. The van der Waals surface area contributed by atoms with Gasteiger partial charge in [0.05, 0.1) is 6.61 Å². The quantitative estimate of drug-likeness (QED) is 0.574. The second-order valence-electron chi connectivity index (χ2n) is 3.05. The zero-order valence-electron chi connectivity index (χ0n) is 7.72. The fourth-order valence-electron chi connectivity index (χ4n) is 0.896. The van der Waals surface area contributed by atoms with Crippen molar-refractivity contribution in [3.05, 3.63) is 0 Å². The summed E-state index contributed by atoms with van der Waals surface area (Å²) >= 11 is 0. The molecule has 0 amide bonds. The fourth-order valence-corrected chi connectivity index (χ4v) is 0.896. The van der Waals surface area contributed by atoms with Crippen molar-refractivity contribution in [1.29, 1.82) is 0 Å². The van der Waals surface area contributed by atoms with Crippen LogP contribution in [0.2, 0.25) is 0 Å². The molecule has 2 nitrogen and oxygen atoms in total. The van der Waals surface area contributed by atoms with E-state index in [-0.39, 0.29) is 5.97 Å². The van der Waals surface area contributed by atoms with Gasteiger partial charge < -0.3 is 4.74 Å². The molecule has 0 aromatic heterocycles. The van der Waals surface area contributed by atoms with Crippen LogP contribution in [0.25, 0.3) is 0 Å². The van der Waals surface area contributed by atoms with Crippen LogP contribution in [0, 0.1) is 5.92 Å². The number of ether oxygens (including phenoxy) is 1. The molecule has 0 aromatic rings. The predicted octanol–water partition coefficient (Wildman–Crippen LogP) is 2.38. The molecule has 0 spiro atoms. The Morgan fingerprint density at radius 2 is 2.18 bits per heavy atom. The third-order valence-corrected chi connectivity index (χ3v) is 1.62. The Bertz CT molecular complexity index is 110. The van der Waals surface area contributed by atoms with Gasteiger partial charge in [-0.15, -0.1) is 0 Å². The molecular formula is C9H18O2. The number of unbranched alkanes of at least 4 members (excludes halogenated alkanes) is 1. The minimum Gasteiger partial charge on any atom is -0.466 e. The van der Waals surface area contributed by atoms with E-state index in [1.165, 1.54) is 19.8 Å². The lowest BCUT2D eigenvalue weighted by Crippen LogP contribution is -2.08. The van der Waals surface area contributed by atoms with Crippen LogP contribution in [0.15, 0.2) is 0 Å². The maximum Gasteiger partial charge on any atom is 0.302 e. The van der Waals surface area contributed by atoms with Gasteiger partial charge in [-0.3, -0.25) is 4.79 Å². The van der Waals surface area contributed by atoms with Gasteiger partial charge in [0.1, 0.15) is 0 Å². The molecule has 2 heteroatoms. The number of hydrogen-bond acceptors (Lipinski definition) is 2. The van der Waals surface area contributed by atoms with Crippen LogP contribution in [0.1, 0.15) is 40.0 Å². The minimum atomic E-state index is -0.173. The summed E-state index contributed by atoms with van der Waals surface area (Å²) in [4.78, 5) is 10.4. The molecule has 0 aliphatic carbocycles. The van der Waals surface area contributed by atoms with Crippen molar-refractivity contribution in [2.24, 2.45) is 5.92 Å². The predicted molar refractivity (Wildman–Crippen MR) is 45.3 cm³/mol. The highest BCUT2D eigenvalue weighted by molar-refractivity contribution is 5.65. The molecule has 0 bridgehead atoms. The molecule has 0 heterocycles. The van der Waals surface area contributed by atoms with Crippen LogP contribution < -0.4 is 0 Å². The number of hydrogen-bond donors (Lipinski definition) is 0. The molecule has 0 saturated carbocycles. The summed E-state index contributed by atoms with van der Waals surface area (Å²) in [5, 5.41) is 0. The first-order chi connectivity index (χ1) is 5.16. The maximum absolute atomic E-state index is 10.4. The molecule has 0 fully saturated rings. The Kier molecular flexibility index (Phi) is 5.90. The Labute approximate surface area is 68.9 Å². The largest absolute Gasteiger partial charge is 0.466 e. The van der Waals surface area contributed by atoms with E-state index >= 15 is 0 Å². The number of rotatable bonds is 5. The van der Waals surface area contributed by atoms with Crippen molar-refractivity contribution in [3.8, 4) is 0 Å². The number of esters is 1. The smallest absolute Gasteiger partial charge is 0.302 e. The first-order valence-corrected chi connectivity index (χ1v) is 4.30. The summed E-state index contributed by atoms with van der Waals surface area (Å²) < 4.78 is 4.86. The lowest BCUT2D eigenvalue weighted by Gasteiger charge is -2.09. The number of carbonyl (C=O) groups is 1. The highest BCUT2D eigenvalue weighted by Gasteiger charge is 2.02. The Hall–Kier alpha value is -0.530. The van der Waals surface area contributed by atoms with Crippen LogP contribution in [-0.2, 0) is 9.53 Å². The average molecular weight is 158 g/mol. The fraction of sp³-hybridized carbons (Fsp3) is 0.889. The van der Waals surface area contributed by atoms with Crippen LogP contribution in [0.3, 0.4) is 0 Å². The van der Waals surface area contributed by atoms with Gasteiger partial charge in [0.25, 0.3) is 0 Å². The summed E-state index contributed by atoms with van der Waals surface area (Å²) in [5.41, 5.74) is 0. The Balaban J connectivity index is 3.22. The molecule has 0 saturated heterocycles. The summed E-state index contributed by atoms with van der Waals surface area (Å²) in [6, 6.07) is 0. The topological polar surface area (TPSA) is 26.3 Å². The Morgan fingerprint density at radius 3 is 2.64 bits per heavy atom. The molecule has 1 unspecified atom stereocenters. The molecule has 66 valence electrons. The first-order valence-electron chi connectivity index (χ1n) is 4.30. The average Bonchev–Trinajstić information content (AvgIpc) is 1.97. The zero-order valence-corrected chi connectivity index (χ0v) is 7.72. The van der Waals surface area contributed by atoms with Crippen molar-refractivity contribution in [1.82, 2.24) is 0 Å². The highest BCUT2D eigenvalue weighted by Crippen LogP contribution is 2.07. The molecule has 0 N–H and O–H groups in total. The van der Waals surface area contributed by atoms with Crippen LogP contribution in [0.4, 0.5) is 0 Å². The van der Waals surface area contributed by atoms with E-state index in [0.717, 1.165) is 6.42 Å². The molecule has 0 radical (unpaired) electrons. The first kappa shape index (κ1) is 10.5. The van der Waals surface area contributed by atoms with Gasteiger partial charge in [0, 0.05) is 6.92 Å². The lowest BCUT2D eigenvalue weighted by atomic mass is 10.1. The van der Waals surface area contributed by atoms with E-state index in [1.54, 1.807) is 0 Å². The van der Waals surface area contributed by atoms with Crippen molar-refractivity contribution < 1.29 is 9.53 Å². The van der Waals surface area contributed by atoms with Gasteiger partial charge in [0.15, 0.2) is 0 Å². The molecule has 0 aliphatic rings. The minimum absolute atomic E-state index is 0.173. The van der Waals surface area contributed by atoms with E-state index in [1.807, 2.05) is 0 Å². The van der Waals surface area contributed by atoms with Crippen molar-refractivity contribution in [3.63, 3.8) is 0 Å². The third kappa shape index (κ3) is 7.37. The van der Waals surface area contributed by atoms with Gasteiger partial charge >= 0.3 is 5.97 Å².